The zero-order chi connectivity index (χ0) is 15.8. The van der Waals surface area contributed by atoms with E-state index in [2.05, 4.69) is 28.2 Å². The summed E-state index contributed by atoms with van der Waals surface area (Å²) in [6, 6.07) is 3.71. The van der Waals surface area contributed by atoms with Gasteiger partial charge in [0, 0.05) is 19.8 Å². The number of nitrogens with one attached hydrogen (secondary N) is 1. The summed E-state index contributed by atoms with van der Waals surface area (Å²) >= 11 is 3.52. The maximum atomic E-state index is 5.54. The van der Waals surface area contributed by atoms with E-state index in [9.17, 15) is 0 Å². The van der Waals surface area contributed by atoms with E-state index in [1.807, 2.05) is 12.1 Å². The lowest BCUT2D eigenvalue weighted by atomic mass is 10.0. The van der Waals surface area contributed by atoms with Crippen LogP contribution in [0.5, 0.6) is 11.5 Å². The number of halogens is 1. The summed E-state index contributed by atoms with van der Waals surface area (Å²) in [7, 11) is 6.51. The van der Waals surface area contributed by atoms with Gasteiger partial charge in [-0.25, -0.2) is 0 Å². The largest absolute Gasteiger partial charge is 0.495 e. The summed E-state index contributed by atoms with van der Waals surface area (Å²) in [6.07, 6.45) is 0.599. The van der Waals surface area contributed by atoms with Crippen LogP contribution in [0.25, 0.3) is 0 Å². The van der Waals surface area contributed by atoms with Gasteiger partial charge < -0.3 is 24.3 Å². The van der Waals surface area contributed by atoms with Crippen LogP contribution in [0.2, 0.25) is 0 Å². The van der Waals surface area contributed by atoms with E-state index < -0.39 is 6.29 Å². The minimum Gasteiger partial charge on any atom is -0.495 e. The van der Waals surface area contributed by atoms with E-state index >= 15 is 0 Å². The molecule has 1 aromatic rings. The van der Waals surface area contributed by atoms with Gasteiger partial charge in [-0.1, -0.05) is 6.92 Å². The molecule has 120 valence electrons. The molecule has 0 spiro atoms. The Morgan fingerprint density at radius 1 is 1.10 bits per heavy atom. The third kappa shape index (κ3) is 4.32. The minimum absolute atomic E-state index is 0.142. The van der Waals surface area contributed by atoms with Crippen molar-refractivity contribution in [2.24, 2.45) is 0 Å². The average Bonchev–Trinajstić information content (AvgIpc) is 2.51. The summed E-state index contributed by atoms with van der Waals surface area (Å²) in [6.45, 7) is 2.96. The van der Waals surface area contributed by atoms with E-state index in [4.69, 9.17) is 18.9 Å². The first kappa shape index (κ1) is 18.2. The highest BCUT2D eigenvalue weighted by Gasteiger charge is 2.27. The minimum atomic E-state index is -0.411. The molecule has 1 rings (SSSR count). The Labute approximate surface area is 135 Å². The normalized spacial score (nSPS) is 12.5. The Bertz CT molecular complexity index is 438. The first-order valence-corrected chi connectivity index (χ1v) is 7.63. The zero-order valence-electron chi connectivity index (χ0n) is 13.2. The van der Waals surface area contributed by atoms with Crippen molar-refractivity contribution in [2.75, 3.05) is 35.0 Å². The molecule has 0 heterocycles. The maximum absolute atomic E-state index is 5.54. The molecule has 0 amide bonds. The summed E-state index contributed by atoms with van der Waals surface area (Å²) in [5, 5.41) is 3.44. The van der Waals surface area contributed by atoms with E-state index in [0.29, 0.717) is 5.75 Å². The standard InChI is InChI=1S/C15H24BrNO4/c1-6-9-17-13(15(20-4)21-5)10-7-8-11(18-2)12(16)14(10)19-3/h7-8,13,15,17H,6,9H2,1-5H3. The lowest BCUT2D eigenvalue weighted by molar-refractivity contribution is -0.124. The van der Waals surface area contributed by atoms with Gasteiger partial charge >= 0.3 is 0 Å². The van der Waals surface area contributed by atoms with Crippen LogP contribution >= 0.6 is 15.9 Å². The van der Waals surface area contributed by atoms with Gasteiger partial charge in [0.05, 0.1) is 20.3 Å². The van der Waals surface area contributed by atoms with E-state index in [0.717, 1.165) is 28.8 Å². The monoisotopic (exact) mass is 361 g/mol. The van der Waals surface area contributed by atoms with Gasteiger partial charge in [-0.2, -0.15) is 0 Å². The molecule has 0 saturated carbocycles. The zero-order valence-corrected chi connectivity index (χ0v) is 14.8. The Morgan fingerprint density at radius 2 is 1.76 bits per heavy atom. The second-order valence-corrected chi connectivity index (χ2v) is 5.27. The predicted molar refractivity (Wildman–Crippen MR) is 86.1 cm³/mol. The first-order chi connectivity index (χ1) is 10.1. The third-order valence-electron chi connectivity index (χ3n) is 3.20. The fourth-order valence-electron chi connectivity index (χ4n) is 2.18. The van der Waals surface area contributed by atoms with Gasteiger partial charge in [0.15, 0.2) is 6.29 Å². The van der Waals surface area contributed by atoms with Crippen molar-refractivity contribution >= 4 is 15.9 Å². The number of hydrogen-bond donors (Lipinski definition) is 1. The summed E-state index contributed by atoms with van der Waals surface area (Å²) in [5.74, 6) is 1.43. The summed E-state index contributed by atoms with van der Waals surface area (Å²) in [5.41, 5.74) is 0.951. The molecule has 0 aliphatic heterocycles. The highest BCUT2D eigenvalue weighted by molar-refractivity contribution is 9.10. The van der Waals surface area contributed by atoms with Crippen molar-refractivity contribution in [3.05, 3.63) is 22.2 Å². The summed E-state index contributed by atoms with van der Waals surface area (Å²) < 4.78 is 22.5. The lowest BCUT2D eigenvalue weighted by Gasteiger charge is -2.28. The van der Waals surface area contributed by atoms with Crippen LogP contribution in [-0.4, -0.2) is 41.3 Å². The molecule has 1 unspecified atom stereocenters. The van der Waals surface area contributed by atoms with Crippen LogP contribution in [0.4, 0.5) is 0 Å². The number of benzene rings is 1. The Morgan fingerprint density at radius 3 is 2.24 bits per heavy atom. The molecule has 21 heavy (non-hydrogen) atoms. The first-order valence-electron chi connectivity index (χ1n) is 6.83. The number of methoxy groups -OCH3 is 4. The summed E-state index contributed by atoms with van der Waals surface area (Å²) in [4.78, 5) is 0. The van der Waals surface area contributed by atoms with Crippen LogP contribution in [0.1, 0.15) is 24.9 Å². The molecular weight excluding hydrogens is 338 g/mol. The SMILES string of the molecule is CCCNC(c1ccc(OC)c(Br)c1OC)C(OC)OC. The molecule has 1 N–H and O–H groups in total. The molecule has 0 radical (unpaired) electrons. The van der Waals surface area contributed by atoms with Crippen LogP contribution in [0, 0.1) is 0 Å². The van der Waals surface area contributed by atoms with Crippen molar-refractivity contribution < 1.29 is 18.9 Å². The van der Waals surface area contributed by atoms with Gasteiger partial charge in [-0.15, -0.1) is 0 Å². The molecule has 0 saturated heterocycles. The molecule has 1 atom stereocenters. The highest BCUT2D eigenvalue weighted by Crippen LogP contribution is 2.40. The molecule has 0 fully saturated rings. The van der Waals surface area contributed by atoms with Crippen LogP contribution in [0.15, 0.2) is 16.6 Å². The highest BCUT2D eigenvalue weighted by atomic mass is 79.9. The molecule has 0 aromatic heterocycles. The molecule has 0 bridgehead atoms. The second-order valence-electron chi connectivity index (χ2n) is 4.48. The van der Waals surface area contributed by atoms with E-state index in [-0.39, 0.29) is 6.04 Å². The van der Waals surface area contributed by atoms with Gasteiger partial charge in [0.2, 0.25) is 0 Å². The van der Waals surface area contributed by atoms with Crippen LogP contribution < -0.4 is 14.8 Å². The Kier molecular flexibility index (Phi) is 8.03. The molecule has 0 aliphatic carbocycles. The van der Waals surface area contributed by atoms with Crippen LogP contribution in [-0.2, 0) is 9.47 Å². The third-order valence-corrected chi connectivity index (χ3v) is 3.95. The van der Waals surface area contributed by atoms with Crippen molar-refractivity contribution in [3.63, 3.8) is 0 Å². The van der Waals surface area contributed by atoms with Crippen molar-refractivity contribution in [1.82, 2.24) is 5.32 Å². The molecular formula is C15H24BrNO4. The quantitative estimate of drug-likeness (QED) is 0.684. The van der Waals surface area contributed by atoms with E-state index in [1.54, 1.807) is 28.4 Å². The van der Waals surface area contributed by atoms with Gasteiger partial charge in [0.1, 0.15) is 16.0 Å². The lowest BCUT2D eigenvalue weighted by Crippen LogP contribution is -2.35. The Balaban J connectivity index is 3.25. The number of ether oxygens (including phenoxy) is 4. The maximum Gasteiger partial charge on any atom is 0.176 e. The van der Waals surface area contributed by atoms with Crippen LogP contribution in [0.3, 0.4) is 0 Å². The molecule has 6 heteroatoms. The second kappa shape index (κ2) is 9.25. The fraction of sp³-hybridized carbons (Fsp3) is 0.600. The van der Waals surface area contributed by atoms with Gasteiger partial charge in [-0.05, 0) is 41.0 Å². The van der Waals surface area contributed by atoms with Gasteiger partial charge in [0.25, 0.3) is 0 Å². The topological polar surface area (TPSA) is 49.0 Å². The number of rotatable bonds is 9. The van der Waals surface area contributed by atoms with Gasteiger partial charge in [-0.3, -0.25) is 0 Å². The van der Waals surface area contributed by atoms with Crippen molar-refractivity contribution in [3.8, 4) is 11.5 Å². The molecule has 5 nitrogen and oxygen atoms in total. The number of hydrogen-bond acceptors (Lipinski definition) is 5. The molecule has 0 aliphatic rings. The average molecular weight is 362 g/mol. The van der Waals surface area contributed by atoms with Crippen molar-refractivity contribution in [1.29, 1.82) is 0 Å². The van der Waals surface area contributed by atoms with E-state index in [1.165, 1.54) is 0 Å². The van der Waals surface area contributed by atoms with Crippen molar-refractivity contribution in [2.45, 2.75) is 25.7 Å². The smallest absolute Gasteiger partial charge is 0.176 e. The Hall–Kier alpha value is -0.820. The predicted octanol–water partition coefficient (Wildman–Crippen LogP) is 3.13. The molecule has 1 aromatic carbocycles. The fourth-order valence-corrected chi connectivity index (χ4v) is 2.87.